The number of benzene rings is 1. The molecule has 1 saturated carbocycles. The molecule has 1 aromatic carbocycles. The van der Waals surface area contributed by atoms with Crippen molar-refractivity contribution in [2.45, 2.75) is 38.1 Å². The Hall–Kier alpha value is -2.63. The molecule has 132 valence electrons. The van der Waals surface area contributed by atoms with Gasteiger partial charge in [-0.2, -0.15) is 0 Å². The summed E-state index contributed by atoms with van der Waals surface area (Å²) in [6.45, 7) is -0.351. The van der Waals surface area contributed by atoms with E-state index in [1.807, 2.05) is 0 Å². The third-order valence-electron chi connectivity index (χ3n) is 4.37. The zero-order chi connectivity index (χ0) is 17.6. The quantitative estimate of drug-likeness (QED) is 0.847. The minimum absolute atomic E-state index is 0.0823. The Labute approximate surface area is 145 Å². The first-order valence-electron chi connectivity index (χ1n) is 8.53. The second kappa shape index (κ2) is 7.96. The van der Waals surface area contributed by atoms with Crippen LogP contribution in [0.2, 0.25) is 0 Å². The van der Waals surface area contributed by atoms with Crippen molar-refractivity contribution in [3.63, 3.8) is 0 Å². The molecule has 5 nitrogen and oxygen atoms in total. The lowest BCUT2D eigenvalue weighted by Gasteiger charge is -2.22. The summed E-state index contributed by atoms with van der Waals surface area (Å²) in [7, 11) is 0. The highest BCUT2D eigenvalue weighted by atomic mass is 19.1. The van der Waals surface area contributed by atoms with Gasteiger partial charge in [-0.25, -0.2) is 9.18 Å². The fourth-order valence-electron chi connectivity index (χ4n) is 3.07. The Balaban J connectivity index is 1.54. The molecule has 0 radical (unpaired) electrons. The van der Waals surface area contributed by atoms with Gasteiger partial charge in [0.25, 0.3) is 5.91 Å². The van der Waals surface area contributed by atoms with Gasteiger partial charge < -0.3 is 14.6 Å². The molecule has 0 aliphatic heterocycles. The molecule has 25 heavy (non-hydrogen) atoms. The molecular weight excluding hydrogens is 323 g/mol. The van der Waals surface area contributed by atoms with Gasteiger partial charge in [0.2, 0.25) is 0 Å². The summed E-state index contributed by atoms with van der Waals surface area (Å²) in [4.78, 5) is 23.9. The van der Waals surface area contributed by atoms with E-state index in [9.17, 15) is 14.0 Å². The molecule has 1 fully saturated rings. The number of hydrogen-bond donors (Lipinski definition) is 1. The number of amides is 1. The smallest absolute Gasteiger partial charge is 0.338 e. The molecular formula is C19H21FN2O3. The van der Waals surface area contributed by atoms with Gasteiger partial charge in [0.1, 0.15) is 5.82 Å². The number of carbonyl (C=O) groups excluding carboxylic acids is 2. The molecule has 0 atom stereocenters. The maximum atomic E-state index is 14.2. The number of aromatic nitrogens is 1. The summed E-state index contributed by atoms with van der Waals surface area (Å²) in [5.74, 6) is -1.56. The third-order valence-corrected chi connectivity index (χ3v) is 4.37. The van der Waals surface area contributed by atoms with Gasteiger partial charge in [-0.05, 0) is 43.2 Å². The molecule has 1 aliphatic rings. The van der Waals surface area contributed by atoms with Gasteiger partial charge in [-0.15, -0.1) is 0 Å². The first-order valence-corrected chi connectivity index (χ1v) is 8.53. The molecule has 1 amide bonds. The van der Waals surface area contributed by atoms with Crippen molar-refractivity contribution in [2.75, 3.05) is 6.61 Å². The number of hydrogen-bond acceptors (Lipinski definition) is 3. The van der Waals surface area contributed by atoms with E-state index in [1.165, 1.54) is 18.6 Å². The molecule has 0 bridgehead atoms. The predicted octanol–water partition coefficient (Wildman–Crippen LogP) is 3.22. The fraction of sp³-hybridized carbons (Fsp3) is 0.368. The van der Waals surface area contributed by atoms with Gasteiger partial charge in [-0.3, -0.25) is 4.79 Å². The molecule has 3 rings (SSSR count). The van der Waals surface area contributed by atoms with Crippen molar-refractivity contribution in [1.29, 1.82) is 0 Å². The number of nitrogens with zero attached hydrogens (tertiary/aromatic N) is 1. The second-order valence-electron chi connectivity index (χ2n) is 6.24. The maximum Gasteiger partial charge on any atom is 0.338 e. The Kier molecular flexibility index (Phi) is 5.48. The molecule has 2 aromatic rings. The van der Waals surface area contributed by atoms with E-state index in [0.29, 0.717) is 5.69 Å². The molecule has 1 N–H and O–H groups in total. The second-order valence-corrected chi connectivity index (χ2v) is 6.24. The Bertz CT molecular complexity index is 737. The summed E-state index contributed by atoms with van der Waals surface area (Å²) in [5.41, 5.74) is 0.426. The van der Waals surface area contributed by atoms with Crippen LogP contribution in [-0.4, -0.2) is 29.1 Å². The molecule has 1 heterocycles. The zero-order valence-electron chi connectivity index (χ0n) is 13.9. The SMILES string of the molecule is O=C(COC(=O)c1ccc(-n2cccc2)c(F)c1)NC1CCCCC1. The molecule has 1 aromatic heterocycles. The van der Waals surface area contributed by atoms with E-state index in [2.05, 4.69) is 5.32 Å². The normalized spacial score (nSPS) is 14.9. The van der Waals surface area contributed by atoms with Crippen molar-refractivity contribution >= 4 is 11.9 Å². The number of nitrogens with one attached hydrogen (secondary N) is 1. The topological polar surface area (TPSA) is 60.3 Å². The Morgan fingerprint density at radius 2 is 1.88 bits per heavy atom. The van der Waals surface area contributed by atoms with Crippen molar-refractivity contribution in [3.05, 3.63) is 54.1 Å². The van der Waals surface area contributed by atoms with Crippen LogP contribution in [0.1, 0.15) is 42.5 Å². The number of carbonyl (C=O) groups is 2. The van der Waals surface area contributed by atoms with E-state index < -0.39 is 11.8 Å². The maximum absolute atomic E-state index is 14.2. The average Bonchev–Trinajstić information content (AvgIpc) is 3.15. The lowest BCUT2D eigenvalue weighted by molar-refractivity contribution is -0.125. The molecule has 0 unspecified atom stereocenters. The van der Waals surface area contributed by atoms with Crippen molar-refractivity contribution in [2.24, 2.45) is 0 Å². The Morgan fingerprint density at radius 3 is 2.56 bits per heavy atom. The molecule has 0 saturated heterocycles. The van der Waals surface area contributed by atoms with E-state index in [0.717, 1.165) is 31.7 Å². The lowest BCUT2D eigenvalue weighted by Crippen LogP contribution is -2.38. The number of esters is 1. The Morgan fingerprint density at radius 1 is 1.16 bits per heavy atom. The van der Waals surface area contributed by atoms with Gasteiger partial charge in [-0.1, -0.05) is 19.3 Å². The van der Waals surface area contributed by atoms with Crippen LogP contribution in [0.4, 0.5) is 4.39 Å². The van der Waals surface area contributed by atoms with Crippen LogP contribution in [0.5, 0.6) is 0 Å². The van der Waals surface area contributed by atoms with Crippen molar-refractivity contribution < 1.29 is 18.7 Å². The molecule has 1 aliphatic carbocycles. The minimum atomic E-state index is -0.711. The monoisotopic (exact) mass is 344 g/mol. The van der Waals surface area contributed by atoms with Crippen LogP contribution in [-0.2, 0) is 9.53 Å². The minimum Gasteiger partial charge on any atom is -0.452 e. The first kappa shape index (κ1) is 17.2. The fourth-order valence-corrected chi connectivity index (χ4v) is 3.07. The van der Waals surface area contributed by atoms with Crippen molar-refractivity contribution in [3.8, 4) is 5.69 Å². The van der Waals surface area contributed by atoms with E-state index in [1.54, 1.807) is 29.1 Å². The van der Waals surface area contributed by atoms with Gasteiger partial charge in [0.05, 0.1) is 11.3 Å². The summed E-state index contributed by atoms with van der Waals surface area (Å²) >= 11 is 0. The third kappa shape index (κ3) is 4.47. The molecule has 6 heteroatoms. The zero-order valence-corrected chi connectivity index (χ0v) is 13.9. The lowest BCUT2D eigenvalue weighted by atomic mass is 9.95. The summed E-state index contributed by atoms with van der Waals surface area (Å²) < 4.78 is 20.8. The standard InChI is InChI=1S/C19H21FN2O3/c20-16-12-14(8-9-17(16)22-10-4-5-11-22)19(24)25-13-18(23)21-15-6-2-1-3-7-15/h4-5,8-12,15H,1-3,6-7,13H2,(H,21,23). The summed E-state index contributed by atoms with van der Waals surface area (Å²) in [6, 6.07) is 7.85. The van der Waals surface area contributed by atoms with E-state index in [4.69, 9.17) is 4.74 Å². The number of halogens is 1. The number of rotatable bonds is 5. The van der Waals surface area contributed by atoms with Gasteiger partial charge >= 0.3 is 5.97 Å². The van der Waals surface area contributed by atoms with Crippen LogP contribution in [0.3, 0.4) is 0 Å². The van der Waals surface area contributed by atoms with Crippen LogP contribution in [0, 0.1) is 5.82 Å². The van der Waals surface area contributed by atoms with Gasteiger partial charge in [0.15, 0.2) is 6.61 Å². The average molecular weight is 344 g/mol. The summed E-state index contributed by atoms with van der Waals surface area (Å²) in [6.07, 6.45) is 8.77. The number of ether oxygens (including phenoxy) is 1. The predicted molar refractivity (Wildman–Crippen MR) is 91.0 cm³/mol. The van der Waals surface area contributed by atoms with Gasteiger partial charge in [0, 0.05) is 18.4 Å². The largest absolute Gasteiger partial charge is 0.452 e. The van der Waals surface area contributed by atoms with Crippen LogP contribution < -0.4 is 5.32 Å². The van der Waals surface area contributed by atoms with Crippen LogP contribution in [0.25, 0.3) is 5.69 Å². The van der Waals surface area contributed by atoms with E-state index in [-0.39, 0.29) is 24.1 Å². The van der Waals surface area contributed by atoms with E-state index >= 15 is 0 Å². The molecule has 0 spiro atoms. The summed E-state index contributed by atoms with van der Waals surface area (Å²) in [5, 5.41) is 2.87. The highest BCUT2D eigenvalue weighted by molar-refractivity contribution is 5.91. The van der Waals surface area contributed by atoms with Crippen LogP contribution in [0.15, 0.2) is 42.7 Å². The van der Waals surface area contributed by atoms with Crippen molar-refractivity contribution in [1.82, 2.24) is 9.88 Å². The highest BCUT2D eigenvalue weighted by Crippen LogP contribution is 2.18. The first-order chi connectivity index (χ1) is 12.1. The highest BCUT2D eigenvalue weighted by Gasteiger charge is 2.17. The van der Waals surface area contributed by atoms with Crippen LogP contribution >= 0.6 is 0 Å².